The van der Waals surface area contributed by atoms with Crippen molar-refractivity contribution in [3.05, 3.63) is 34.9 Å². The van der Waals surface area contributed by atoms with Gasteiger partial charge in [0, 0.05) is 5.02 Å². The first-order valence-electron chi connectivity index (χ1n) is 4.90. The van der Waals surface area contributed by atoms with Crippen molar-refractivity contribution >= 4 is 11.6 Å². The van der Waals surface area contributed by atoms with Crippen molar-refractivity contribution in [1.29, 1.82) is 0 Å². The molecular weight excluding hydrogens is 200 g/mol. The van der Waals surface area contributed by atoms with Crippen molar-refractivity contribution in [3.63, 3.8) is 0 Å². The molecule has 2 fully saturated rings. The normalized spacial score (nSPS) is 28.2. The third kappa shape index (κ3) is 1.11. The highest BCUT2D eigenvalue weighted by Crippen LogP contribution is 2.54. The van der Waals surface area contributed by atoms with Crippen LogP contribution in [0.2, 0.25) is 5.02 Å². The maximum absolute atomic E-state index is 5.82. The van der Waals surface area contributed by atoms with Crippen LogP contribution in [0.15, 0.2) is 24.3 Å². The van der Waals surface area contributed by atoms with Gasteiger partial charge in [0.25, 0.3) is 0 Å². The molecule has 0 radical (unpaired) electrons. The Hall–Kier alpha value is -0.570. The minimum Gasteiger partial charge on any atom is -0.226 e. The Kier molecular flexibility index (Phi) is 1.84. The Balaban J connectivity index is 1.85. The minimum absolute atomic E-state index is 0.00612. The highest BCUT2D eigenvalue weighted by Gasteiger charge is 2.56. The minimum atomic E-state index is -0.00612. The molecule has 1 aromatic carbocycles. The summed E-state index contributed by atoms with van der Waals surface area (Å²) in [6, 6.07) is 7.81. The van der Waals surface area contributed by atoms with E-state index in [4.69, 9.17) is 21.4 Å². The molecule has 1 atom stereocenters. The molecule has 14 heavy (non-hydrogen) atoms. The Morgan fingerprint density at radius 3 is 2.36 bits per heavy atom. The van der Waals surface area contributed by atoms with Gasteiger partial charge in [0.2, 0.25) is 0 Å². The molecule has 74 valence electrons. The van der Waals surface area contributed by atoms with Crippen LogP contribution in [0.4, 0.5) is 0 Å². The second-order valence-electron chi connectivity index (χ2n) is 4.03. The molecule has 2 nitrogen and oxygen atoms in total. The van der Waals surface area contributed by atoms with Gasteiger partial charge in [-0.25, -0.2) is 9.78 Å². The molecule has 0 amide bonds. The van der Waals surface area contributed by atoms with Crippen LogP contribution < -0.4 is 0 Å². The van der Waals surface area contributed by atoms with E-state index in [-0.39, 0.29) is 11.7 Å². The molecule has 1 spiro atoms. The van der Waals surface area contributed by atoms with Gasteiger partial charge in [-0.2, -0.15) is 0 Å². The maximum atomic E-state index is 5.82. The largest absolute Gasteiger partial charge is 0.226 e. The second kappa shape index (κ2) is 2.96. The Labute approximate surface area is 87.7 Å². The zero-order valence-electron chi connectivity index (χ0n) is 7.70. The fraction of sp³-hybridized carbons (Fsp3) is 0.455. The number of hydrogen-bond acceptors (Lipinski definition) is 2. The van der Waals surface area contributed by atoms with Crippen LogP contribution in [0.25, 0.3) is 0 Å². The molecule has 0 aromatic heterocycles. The average molecular weight is 211 g/mol. The van der Waals surface area contributed by atoms with Crippen LogP contribution in [0.1, 0.15) is 30.9 Å². The molecule has 1 saturated carbocycles. The van der Waals surface area contributed by atoms with Gasteiger partial charge in [-0.3, -0.25) is 0 Å². The third-order valence-electron chi connectivity index (χ3n) is 3.16. The molecule has 3 rings (SSSR count). The van der Waals surface area contributed by atoms with E-state index in [1.54, 1.807) is 0 Å². The van der Waals surface area contributed by atoms with E-state index in [0.717, 1.165) is 17.9 Å². The Morgan fingerprint density at radius 1 is 1.21 bits per heavy atom. The third-order valence-corrected chi connectivity index (χ3v) is 3.41. The molecule has 1 aromatic rings. The van der Waals surface area contributed by atoms with Crippen LogP contribution >= 0.6 is 11.6 Å². The predicted octanol–water partition coefficient (Wildman–Crippen LogP) is 3.27. The summed E-state index contributed by atoms with van der Waals surface area (Å²) >= 11 is 5.82. The van der Waals surface area contributed by atoms with Crippen molar-refractivity contribution in [2.24, 2.45) is 0 Å². The summed E-state index contributed by atoms with van der Waals surface area (Å²) in [7, 11) is 0. The SMILES string of the molecule is Clc1ccc(C2OOC23CCC3)cc1. The fourth-order valence-corrected chi connectivity index (χ4v) is 2.23. The van der Waals surface area contributed by atoms with Crippen molar-refractivity contribution in [2.75, 3.05) is 0 Å². The van der Waals surface area contributed by atoms with Crippen molar-refractivity contribution in [1.82, 2.24) is 0 Å². The standard InChI is InChI=1S/C11H11ClO2/c12-9-4-2-8(3-5-9)10-11(14-13-10)6-1-7-11/h2-5,10H,1,6-7H2. The van der Waals surface area contributed by atoms with E-state index in [0.29, 0.717) is 0 Å². The number of benzene rings is 1. The highest BCUT2D eigenvalue weighted by molar-refractivity contribution is 6.30. The first kappa shape index (κ1) is 8.72. The molecule has 0 bridgehead atoms. The first-order chi connectivity index (χ1) is 6.80. The van der Waals surface area contributed by atoms with E-state index < -0.39 is 0 Å². The van der Waals surface area contributed by atoms with Gasteiger partial charge in [-0.15, -0.1) is 0 Å². The Bertz CT molecular complexity index is 337. The Morgan fingerprint density at radius 2 is 1.93 bits per heavy atom. The summed E-state index contributed by atoms with van der Waals surface area (Å²) in [4.78, 5) is 10.4. The first-order valence-corrected chi connectivity index (χ1v) is 5.28. The summed E-state index contributed by atoms with van der Waals surface area (Å²) in [6.07, 6.45) is 3.59. The van der Waals surface area contributed by atoms with E-state index in [1.165, 1.54) is 12.0 Å². The van der Waals surface area contributed by atoms with Crippen LogP contribution in [-0.2, 0) is 9.78 Å². The summed E-state index contributed by atoms with van der Waals surface area (Å²) in [6.45, 7) is 0. The van der Waals surface area contributed by atoms with Crippen LogP contribution in [0.3, 0.4) is 0 Å². The molecule has 1 saturated heterocycles. The predicted molar refractivity (Wildman–Crippen MR) is 52.9 cm³/mol. The van der Waals surface area contributed by atoms with Gasteiger partial charge >= 0.3 is 0 Å². The summed E-state index contributed by atoms with van der Waals surface area (Å²) in [5.41, 5.74) is 1.16. The summed E-state index contributed by atoms with van der Waals surface area (Å²) in [5, 5.41) is 0.761. The number of rotatable bonds is 1. The maximum Gasteiger partial charge on any atom is 0.150 e. The lowest BCUT2D eigenvalue weighted by molar-refractivity contribution is -0.532. The second-order valence-corrected chi connectivity index (χ2v) is 4.47. The van der Waals surface area contributed by atoms with E-state index in [9.17, 15) is 0 Å². The number of halogens is 1. The van der Waals surface area contributed by atoms with Gasteiger partial charge in [0.15, 0.2) is 0 Å². The summed E-state index contributed by atoms with van der Waals surface area (Å²) < 4.78 is 0. The van der Waals surface area contributed by atoms with Gasteiger partial charge in [0.05, 0.1) is 0 Å². The van der Waals surface area contributed by atoms with E-state index in [2.05, 4.69) is 0 Å². The number of hydrogen-bond donors (Lipinski definition) is 0. The van der Waals surface area contributed by atoms with Crippen LogP contribution in [0.5, 0.6) is 0 Å². The monoisotopic (exact) mass is 210 g/mol. The van der Waals surface area contributed by atoms with Crippen LogP contribution in [-0.4, -0.2) is 5.60 Å². The van der Waals surface area contributed by atoms with Gasteiger partial charge in [-0.05, 0) is 37.0 Å². The van der Waals surface area contributed by atoms with E-state index in [1.807, 2.05) is 24.3 Å². The lowest BCUT2D eigenvalue weighted by Crippen LogP contribution is -2.55. The van der Waals surface area contributed by atoms with Crippen LogP contribution in [0, 0.1) is 0 Å². The smallest absolute Gasteiger partial charge is 0.150 e. The molecule has 1 aliphatic heterocycles. The molecule has 1 aliphatic carbocycles. The van der Waals surface area contributed by atoms with Gasteiger partial charge in [0.1, 0.15) is 11.7 Å². The highest BCUT2D eigenvalue weighted by atomic mass is 35.5. The molecular formula is C11H11ClO2. The quantitative estimate of drug-likeness (QED) is 0.663. The molecule has 1 heterocycles. The van der Waals surface area contributed by atoms with Gasteiger partial charge < -0.3 is 0 Å². The van der Waals surface area contributed by atoms with E-state index >= 15 is 0 Å². The van der Waals surface area contributed by atoms with Crippen molar-refractivity contribution < 1.29 is 9.78 Å². The average Bonchev–Trinajstić information content (AvgIpc) is 2.04. The summed E-state index contributed by atoms with van der Waals surface area (Å²) in [5.74, 6) is 0. The zero-order chi connectivity index (χ0) is 9.60. The van der Waals surface area contributed by atoms with Crippen molar-refractivity contribution in [3.8, 4) is 0 Å². The lowest BCUT2D eigenvalue weighted by atomic mass is 9.73. The molecule has 3 heteroatoms. The van der Waals surface area contributed by atoms with Gasteiger partial charge in [-0.1, -0.05) is 23.7 Å². The zero-order valence-corrected chi connectivity index (χ0v) is 8.46. The lowest BCUT2D eigenvalue weighted by Gasteiger charge is -2.52. The fourth-order valence-electron chi connectivity index (χ4n) is 2.10. The molecule has 1 unspecified atom stereocenters. The topological polar surface area (TPSA) is 18.5 Å². The van der Waals surface area contributed by atoms with Crippen molar-refractivity contribution in [2.45, 2.75) is 31.0 Å². The molecule has 0 N–H and O–H groups in total. The molecule has 2 aliphatic rings.